The summed E-state index contributed by atoms with van der Waals surface area (Å²) in [5.74, 6) is 1.24. The molecular formula is C12H16O2. The molecule has 0 unspecified atom stereocenters. The van der Waals surface area contributed by atoms with E-state index in [-0.39, 0.29) is 12.5 Å². The number of aliphatic hydroxyl groups is 1. The molecule has 0 saturated heterocycles. The molecule has 0 saturated carbocycles. The molecule has 76 valence electrons. The van der Waals surface area contributed by atoms with Gasteiger partial charge in [0, 0.05) is 12.5 Å². The smallest absolute Gasteiger partial charge is 0.122 e. The van der Waals surface area contributed by atoms with Crippen LogP contribution in [0.2, 0.25) is 0 Å². The molecule has 0 fully saturated rings. The third-order valence-corrected chi connectivity index (χ3v) is 2.78. The number of ether oxygens (including phenoxy) is 1. The van der Waals surface area contributed by atoms with Gasteiger partial charge in [-0.25, -0.2) is 0 Å². The van der Waals surface area contributed by atoms with Crippen LogP contribution in [0, 0.1) is 0 Å². The van der Waals surface area contributed by atoms with Gasteiger partial charge >= 0.3 is 0 Å². The van der Waals surface area contributed by atoms with Crippen LogP contribution in [0.3, 0.4) is 0 Å². The SMILES string of the molecule is C[C@@H](CO)c1ccc2c(c1)CCCO2. The van der Waals surface area contributed by atoms with E-state index in [0.717, 1.165) is 25.2 Å². The molecule has 2 rings (SSSR count). The second-order valence-electron chi connectivity index (χ2n) is 3.90. The lowest BCUT2D eigenvalue weighted by Gasteiger charge is -2.19. The number of aryl methyl sites for hydroxylation is 1. The normalized spacial score (nSPS) is 17.0. The maximum absolute atomic E-state index is 9.06. The Labute approximate surface area is 84.5 Å². The van der Waals surface area contributed by atoms with Crippen LogP contribution in [-0.4, -0.2) is 18.3 Å². The van der Waals surface area contributed by atoms with Crippen molar-refractivity contribution in [2.24, 2.45) is 0 Å². The Morgan fingerprint density at radius 2 is 2.36 bits per heavy atom. The molecule has 0 spiro atoms. The number of hydrogen-bond acceptors (Lipinski definition) is 2. The second kappa shape index (κ2) is 4.01. The Balaban J connectivity index is 2.29. The number of rotatable bonds is 2. The topological polar surface area (TPSA) is 29.5 Å². The molecule has 1 aliphatic heterocycles. The minimum atomic E-state index is 0.208. The van der Waals surface area contributed by atoms with Crippen molar-refractivity contribution < 1.29 is 9.84 Å². The Hall–Kier alpha value is -1.02. The molecule has 0 bridgehead atoms. The molecule has 1 atom stereocenters. The predicted molar refractivity (Wildman–Crippen MR) is 55.8 cm³/mol. The maximum atomic E-state index is 9.06. The van der Waals surface area contributed by atoms with E-state index >= 15 is 0 Å². The largest absolute Gasteiger partial charge is 0.493 e. The molecule has 1 aromatic rings. The van der Waals surface area contributed by atoms with Crippen molar-refractivity contribution in [3.05, 3.63) is 29.3 Å². The lowest BCUT2D eigenvalue weighted by molar-refractivity contribution is 0.271. The van der Waals surface area contributed by atoms with Gasteiger partial charge in [0.1, 0.15) is 5.75 Å². The van der Waals surface area contributed by atoms with Crippen LogP contribution in [0.5, 0.6) is 5.75 Å². The first-order valence-electron chi connectivity index (χ1n) is 5.17. The Morgan fingerprint density at radius 3 is 3.14 bits per heavy atom. The van der Waals surface area contributed by atoms with Gasteiger partial charge < -0.3 is 9.84 Å². The van der Waals surface area contributed by atoms with Gasteiger partial charge in [-0.05, 0) is 30.0 Å². The van der Waals surface area contributed by atoms with Gasteiger partial charge in [-0.1, -0.05) is 19.1 Å². The first-order chi connectivity index (χ1) is 6.81. The molecular weight excluding hydrogens is 176 g/mol. The number of hydrogen-bond donors (Lipinski definition) is 1. The standard InChI is InChI=1S/C12H16O2/c1-9(8-13)10-4-5-12-11(7-10)3-2-6-14-12/h4-5,7,9,13H,2-3,6,8H2,1H3/t9-/m0/s1. The molecule has 2 nitrogen and oxygen atoms in total. The number of aliphatic hydroxyl groups excluding tert-OH is 1. The molecule has 0 aliphatic carbocycles. The summed E-state index contributed by atoms with van der Waals surface area (Å²) in [4.78, 5) is 0. The first-order valence-corrected chi connectivity index (χ1v) is 5.17. The molecule has 0 aromatic heterocycles. The van der Waals surface area contributed by atoms with Crippen LogP contribution in [-0.2, 0) is 6.42 Å². The van der Waals surface area contributed by atoms with Crippen LogP contribution >= 0.6 is 0 Å². The van der Waals surface area contributed by atoms with Gasteiger partial charge in [0.25, 0.3) is 0 Å². The zero-order valence-corrected chi connectivity index (χ0v) is 8.49. The second-order valence-corrected chi connectivity index (χ2v) is 3.90. The number of benzene rings is 1. The molecule has 1 aliphatic rings. The minimum absolute atomic E-state index is 0.208. The fraction of sp³-hybridized carbons (Fsp3) is 0.500. The quantitative estimate of drug-likeness (QED) is 0.777. The summed E-state index contributed by atoms with van der Waals surface area (Å²) < 4.78 is 5.53. The summed E-state index contributed by atoms with van der Waals surface area (Å²) in [6, 6.07) is 6.23. The highest BCUT2D eigenvalue weighted by atomic mass is 16.5. The third-order valence-electron chi connectivity index (χ3n) is 2.78. The van der Waals surface area contributed by atoms with Gasteiger partial charge in [-0.15, -0.1) is 0 Å². The summed E-state index contributed by atoms with van der Waals surface area (Å²) in [5.41, 5.74) is 2.49. The Bertz CT molecular complexity index is 320. The van der Waals surface area contributed by atoms with Crippen LogP contribution < -0.4 is 4.74 Å². The highest BCUT2D eigenvalue weighted by molar-refractivity contribution is 5.39. The van der Waals surface area contributed by atoms with Crippen molar-refractivity contribution in [1.29, 1.82) is 0 Å². The Kier molecular flexibility index (Phi) is 2.73. The highest BCUT2D eigenvalue weighted by Crippen LogP contribution is 2.28. The summed E-state index contributed by atoms with van der Waals surface area (Å²) >= 11 is 0. The zero-order valence-electron chi connectivity index (χ0n) is 8.49. The maximum Gasteiger partial charge on any atom is 0.122 e. The van der Waals surface area contributed by atoms with Gasteiger partial charge in [0.05, 0.1) is 6.61 Å². The Morgan fingerprint density at radius 1 is 1.50 bits per heavy atom. The molecule has 1 heterocycles. The summed E-state index contributed by atoms with van der Waals surface area (Å²) in [6.45, 7) is 3.08. The molecule has 14 heavy (non-hydrogen) atoms. The van der Waals surface area contributed by atoms with Gasteiger partial charge in [0.2, 0.25) is 0 Å². The van der Waals surface area contributed by atoms with Crippen molar-refractivity contribution in [1.82, 2.24) is 0 Å². The van der Waals surface area contributed by atoms with E-state index in [2.05, 4.69) is 6.07 Å². The highest BCUT2D eigenvalue weighted by Gasteiger charge is 2.12. The van der Waals surface area contributed by atoms with Crippen molar-refractivity contribution in [2.75, 3.05) is 13.2 Å². The lowest BCUT2D eigenvalue weighted by atomic mass is 9.96. The molecule has 2 heteroatoms. The van der Waals surface area contributed by atoms with E-state index in [4.69, 9.17) is 9.84 Å². The summed E-state index contributed by atoms with van der Waals surface area (Å²) in [6.07, 6.45) is 2.20. The summed E-state index contributed by atoms with van der Waals surface area (Å²) in [5, 5.41) is 9.06. The number of fused-ring (bicyclic) bond motifs is 1. The molecule has 0 radical (unpaired) electrons. The van der Waals surface area contributed by atoms with Gasteiger partial charge in [0.15, 0.2) is 0 Å². The van der Waals surface area contributed by atoms with E-state index in [9.17, 15) is 0 Å². The van der Waals surface area contributed by atoms with E-state index in [1.807, 2.05) is 19.1 Å². The fourth-order valence-corrected chi connectivity index (χ4v) is 1.79. The van der Waals surface area contributed by atoms with Gasteiger partial charge in [-0.3, -0.25) is 0 Å². The lowest BCUT2D eigenvalue weighted by Crippen LogP contribution is -2.09. The molecule has 1 N–H and O–H groups in total. The van der Waals surface area contributed by atoms with Crippen molar-refractivity contribution in [2.45, 2.75) is 25.7 Å². The molecule has 0 amide bonds. The van der Waals surface area contributed by atoms with Crippen LogP contribution in [0.25, 0.3) is 0 Å². The van der Waals surface area contributed by atoms with Crippen molar-refractivity contribution in [3.63, 3.8) is 0 Å². The zero-order chi connectivity index (χ0) is 9.97. The monoisotopic (exact) mass is 192 g/mol. The average Bonchev–Trinajstić information content (AvgIpc) is 2.27. The van der Waals surface area contributed by atoms with E-state index in [1.165, 1.54) is 11.1 Å². The average molecular weight is 192 g/mol. The predicted octanol–water partition coefficient (Wildman–Crippen LogP) is 2.11. The van der Waals surface area contributed by atoms with E-state index in [1.54, 1.807) is 0 Å². The first kappa shape index (κ1) is 9.53. The summed E-state index contributed by atoms with van der Waals surface area (Å²) in [7, 11) is 0. The van der Waals surface area contributed by atoms with Crippen LogP contribution in [0.1, 0.15) is 30.4 Å². The van der Waals surface area contributed by atoms with Crippen molar-refractivity contribution in [3.8, 4) is 5.75 Å². The van der Waals surface area contributed by atoms with Crippen LogP contribution in [0.4, 0.5) is 0 Å². The minimum Gasteiger partial charge on any atom is -0.493 e. The fourth-order valence-electron chi connectivity index (χ4n) is 1.79. The van der Waals surface area contributed by atoms with Gasteiger partial charge in [-0.2, -0.15) is 0 Å². The van der Waals surface area contributed by atoms with E-state index < -0.39 is 0 Å². The van der Waals surface area contributed by atoms with E-state index in [0.29, 0.717) is 0 Å². The third kappa shape index (κ3) is 1.75. The van der Waals surface area contributed by atoms with Crippen LogP contribution in [0.15, 0.2) is 18.2 Å². The molecule has 1 aromatic carbocycles. The van der Waals surface area contributed by atoms with Crippen molar-refractivity contribution >= 4 is 0 Å².